The zero-order chi connectivity index (χ0) is 26.1. The quantitative estimate of drug-likeness (QED) is 0.210. The fourth-order valence-corrected chi connectivity index (χ4v) is 4.99. The molecular formula is C31H30N4O2. The number of nitrogens with zero attached hydrogens (tertiary/aromatic N) is 3. The van der Waals surface area contributed by atoms with Crippen molar-refractivity contribution in [3.05, 3.63) is 95.2 Å². The minimum atomic E-state index is -0.286. The van der Waals surface area contributed by atoms with Crippen LogP contribution in [0.2, 0.25) is 0 Å². The summed E-state index contributed by atoms with van der Waals surface area (Å²) in [7, 11) is 1.63. The molecule has 2 heterocycles. The second-order valence-corrected chi connectivity index (χ2v) is 9.43. The van der Waals surface area contributed by atoms with E-state index < -0.39 is 0 Å². The van der Waals surface area contributed by atoms with Gasteiger partial charge in [-0.2, -0.15) is 5.10 Å². The van der Waals surface area contributed by atoms with Crippen LogP contribution in [-0.4, -0.2) is 28.8 Å². The molecule has 37 heavy (non-hydrogen) atoms. The van der Waals surface area contributed by atoms with Crippen molar-refractivity contribution in [1.29, 1.82) is 0 Å². The molecule has 186 valence electrons. The second kappa shape index (κ2) is 9.90. The molecule has 0 saturated heterocycles. The molecule has 0 aliphatic rings. The lowest BCUT2D eigenvalue weighted by molar-refractivity contribution is 0.0956. The van der Waals surface area contributed by atoms with Crippen molar-refractivity contribution in [2.75, 3.05) is 7.11 Å². The highest BCUT2D eigenvalue weighted by molar-refractivity contribution is 6.08. The number of hydrogen-bond acceptors (Lipinski definition) is 4. The van der Waals surface area contributed by atoms with Crippen LogP contribution in [0.5, 0.6) is 5.75 Å². The van der Waals surface area contributed by atoms with Gasteiger partial charge in [0.05, 0.1) is 35.6 Å². The molecular weight excluding hydrogens is 460 g/mol. The number of ether oxygens (including phenoxy) is 1. The molecule has 1 N–H and O–H groups in total. The molecule has 2 aromatic heterocycles. The summed E-state index contributed by atoms with van der Waals surface area (Å²) < 4.78 is 7.60. The lowest BCUT2D eigenvalue weighted by Crippen LogP contribution is -2.18. The van der Waals surface area contributed by atoms with E-state index >= 15 is 0 Å². The Balaban J connectivity index is 1.50. The summed E-state index contributed by atoms with van der Waals surface area (Å²) in [6.07, 6.45) is 1.75. The van der Waals surface area contributed by atoms with Gasteiger partial charge in [0, 0.05) is 33.6 Å². The molecule has 0 aliphatic heterocycles. The van der Waals surface area contributed by atoms with E-state index in [2.05, 4.69) is 61.0 Å². The van der Waals surface area contributed by atoms with Gasteiger partial charge in [0.1, 0.15) is 5.75 Å². The van der Waals surface area contributed by atoms with Gasteiger partial charge in [0.25, 0.3) is 5.91 Å². The smallest absolute Gasteiger partial charge is 0.272 e. The standard InChI is InChI=1S/C31H30N4O2/c1-19(2)35-21(4)27(25-11-8-9-20(3)30(25)35)18-32-34-31(36)26-17-29(22-13-15-23(37-5)16-14-22)33-28-12-7-6-10-24(26)28/h6-19H,1-5H3,(H,34,36)/b32-18+. The number of aromatic nitrogens is 2. The number of fused-ring (bicyclic) bond motifs is 2. The Bertz CT molecular complexity index is 1650. The molecule has 0 fully saturated rings. The summed E-state index contributed by atoms with van der Waals surface area (Å²) in [5.41, 5.74) is 10.2. The third-order valence-electron chi connectivity index (χ3n) is 6.74. The highest BCUT2D eigenvalue weighted by Crippen LogP contribution is 2.30. The van der Waals surface area contributed by atoms with Crippen LogP contribution in [0.25, 0.3) is 33.1 Å². The van der Waals surface area contributed by atoms with Gasteiger partial charge >= 0.3 is 0 Å². The SMILES string of the molecule is COc1ccc(-c2cc(C(=O)N/N=C/c3c(C)n(C(C)C)c4c(C)cccc34)c3ccccc3n2)cc1. The van der Waals surface area contributed by atoms with Gasteiger partial charge in [-0.05, 0) is 69.7 Å². The van der Waals surface area contributed by atoms with Crippen molar-refractivity contribution >= 4 is 33.9 Å². The van der Waals surface area contributed by atoms with Gasteiger partial charge in [0.15, 0.2) is 0 Å². The number of para-hydroxylation sites is 2. The summed E-state index contributed by atoms with van der Waals surface area (Å²) in [4.78, 5) is 18.2. The third kappa shape index (κ3) is 4.47. The van der Waals surface area contributed by atoms with E-state index in [9.17, 15) is 4.79 Å². The number of aryl methyl sites for hydroxylation is 1. The molecule has 0 bridgehead atoms. The topological polar surface area (TPSA) is 68.5 Å². The van der Waals surface area contributed by atoms with E-state index in [0.717, 1.165) is 38.9 Å². The summed E-state index contributed by atoms with van der Waals surface area (Å²) in [6.45, 7) is 8.57. The highest BCUT2D eigenvalue weighted by atomic mass is 16.5. The molecule has 0 unspecified atom stereocenters. The second-order valence-electron chi connectivity index (χ2n) is 9.43. The zero-order valence-corrected chi connectivity index (χ0v) is 21.7. The number of carbonyl (C=O) groups excluding carboxylic acids is 1. The third-order valence-corrected chi connectivity index (χ3v) is 6.74. The zero-order valence-electron chi connectivity index (χ0n) is 21.7. The molecule has 5 rings (SSSR count). The van der Waals surface area contributed by atoms with Crippen LogP contribution in [0, 0.1) is 13.8 Å². The number of rotatable bonds is 6. The Morgan fingerprint density at radius 2 is 1.73 bits per heavy atom. The van der Waals surface area contributed by atoms with E-state index in [1.165, 1.54) is 11.1 Å². The van der Waals surface area contributed by atoms with Gasteiger partial charge in [-0.3, -0.25) is 4.79 Å². The van der Waals surface area contributed by atoms with E-state index in [1.807, 2.05) is 54.6 Å². The number of hydrogen-bond donors (Lipinski definition) is 1. The average molecular weight is 491 g/mol. The number of pyridine rings is 1. The van der Waals surface area contributed by atoms with E-state index in [0.29, 0.717) is 17.3 Å². The summed E-state index contributed by atoms with van der Waals surface area (Å²) >= 11 is 0. The molecule has 0 aliphatic carbocycles. The summed E-state index contributed by atoms with van der Waals surface area (Å²) in [5, 5.41) is 6.29. The lowest BCUT2D eigenvalue weighted by Gasteiger charge is -2.13. The van der Waals surface area contributed by atoms with Crippen molar-refractivity contribution in [3.8, 4) is 17.0 Å². The fourth-order valence-electron chi connectivity index (χ4n) is 4.99. The molecule has 0 saturated carbocycles. The fraction of sp³-hybridized carbons (Fsp3) is 0.194. The molecule has 6 nitrogen and oxygen atoms in total. The van der Waals surface area contributed by atoms with Gasteiger partial charge in [-0.25, -0.2) is 10.4 Å². The van der Waals surface area contributed by atoms with Crippen LogP contribution in [0.1, 0.15) is 47.1 Å². The van der Waals surface area contributed by atoms with Crippen molar-refractivity contribution < 1.29 is 9.53 Å². The first-order valence-corrected chi connectivity index (χ1v) is 12.4. The molecule has 1 amide bonds. The number of amides is 1. The largest absolute Gasteiger partial charge is 0.497 e. The van der Waals surface area contributed by atoms with Crippen molar-refractivity contribution in [2.45, 2.75) is 33.7 Å². The first-order valence-electron chi connectivity index (χ1n) is 12.4. The van der Waals surface area contributed by atoms with E-state index in [1.54, 1.807) is 13.3 Å². The van der Waals surface area contributed by atoms with Crippen molar-refractivity contribution in [1.82, 2.24) is 15.0 Å². The lowest BCUT2D eigenvalue weighted by atomic mass is 10.0. The number of methoxy groups -OCH3 is 1. The number of benzene rings is 3. The maximum Gasteiger partial charge on any atom is 0.272 e. The van der Waals surface area contributed by atoms with Crippen LogP contribution in [0.4, 0.5) is 0 Å². The Labute approximate surface area is 216 Å². The highest BCUT2D eigenvalue weighted by Gasteiger charge is 2.17. The number of hydrazone groups is 1. The molecule has 0 spiro atoms. The van der Waals surface area contributed by atoms with Crippen LogP contribution in [-0.2, 0) is 0 Å². The minimum Gasteiger partial charge on any atom is -0.497 e. The minimum absolute atomic E-state index is 0.286. The number of carbonyl (C=O) groups is 1. The molecule has 5 aromatic rings. The van der Waals surface area contributed by atoms with Gasteiger partial charge in [0.2, 0.25) is 0 Å². The van der Waals surface area contributed by atoms with Crippen molar-refractivity contribution in [3.63, 3.8) is 0 Å². The Morgan fingerprint density at radius 3 is 2.46 bits per heavy atom. The van der Waals surface area contributed by atoms with Gasteiger partial charge in [-0.15, -0.1) is 0 Å². The maximum atomic E-state index is 13.4. The van der Waals surface area contributed by atoms with Crippen LogP contribution >= 0.6 is 0 Å². The Morgan fingerprint density at radius 1 is 1.00 bits per heavy atom. The van der Waals surface area contributed by atoms with Crippen LogP contribution in [0.3, 0.4) is 0 Å². The van der Waals surface area contributed by atoms with Crippen molar-refractivity contribution in [2.24, 2.45) is 5.10 Å². The van der Waals surface area contributed by atoms with Gasteiger partial charge < -0.3 is 9.30 Å². The normalized spacial score (nSPS) is 11.6. The van der Waals surface area contributed by atoms with Crippen LogP contribution < -0.4 is 10.2 Å². The summed E-state index contributed by atoms with van der Waals surface area (Å²) in [6, 6.07) is 23.7. The molecule has 6 heteroatoms. The first kappa shape index (κ1) is 24.3. The predicted molar refractivity (Wildman–Crippen MR) is 151 cm³/mol. The molecule has 0 atom stereocenters. The van der Waals surface area contributed by atoms with E-state index in [4.69, 9.17) is 9.72 Å². The van der Waals surface area contributed by atoms with Gasteiger partial charge in [-0.1, -0.05) is 36.4 Å². The monoisotopic (exact) mass is 490 g/mol. The predicted octanol–water partition coefficient (Wildman–Crippen LogP) is 6.83. The summed E-state index contributed by atoms with van der Waals surface area (Å²) in [5.74, 6) is 0.479. The molecule has 3 aromatic carbocycles. The van der Waals surface area contributed by atoms with E-state index in [-0.39, 0.29) is 5.91 Å². The number of nitrogens with one attached hydrogen (secondary N) is 1. The van der Waals surface area contributed by atoms with Crippen LogP contribution in [0.15, 0.2) is 77.9 Å². The Hall–Kier alpha value is -4.45. The Kier molecular flexibility index (Phi) is 6.49. The average Bonchev–Trinajstić information content (AvgIpc) is 3.20. The first-order chi connectivity index (χ1) is 17.9. The molecule has 0 radical (unpaired) electrons. The maximum absolute atomic E-state index is 13.4.